The SMILES string of the molecule is CC(C)(C)C(CCO)NCC1(O)CCCCCC1. The van der Waals surface area contributed by atoms with Crippen LogP contribution >= 0.6 is 0 Å². The van der Waals surface area contributed by atoms with Gasteiger partial charge < -0.3 is 15.5 Å². The van der Waals surface area contributed by atoms with Crippen LogP contribution in [-0.2, 0) is 0 Å². The van der Waals surface area contributed by atoms with Gasteiger partial charge in [-0.1, -0.05) is 46.5 Å². The van der Waals surface area contributed by atoms with Crippen molar-refractivity contribution in [2.75, 3.05) is 13.2 Å². The third kappa shape index (κ3) is 5.25. The lowest BCUT2D eigenvalue weighted by Gasteiger charge is -2.35. The third-order valence-corrected chi connectivity index (χ3v) is 4.17. The van der Waals surface area contributed by atoms with E-state index in [1.54, 1.807) is 0 Å². The largest absolute Gasteiger partial charge is 0.396 e. The van der Waals surface area contributed by atoms with Crippen LogP contribution < -0.4 is 5.32 Å². The van der Waals surface area contributed by atoms with Gasteiger partial charge in [-0.25, -0.2) is 0 Å². The van der Waals surface area contributed by atoms with Gasteiger partial charge in [0, 0.05) is 19.2 Å². The van der Waals surface area contributed by atoms with Crippen LogP contribution in [-0.4, -0.2) is 35.0 Å². The molecule has 3 heteroatoms. The molecule has 0 heterocycles. The second-order valence-corrected chi connectivity index (χ2v) is 6.95. The molecular weight excluding hydrogens is 226 g/mol. The van der Waals surface area contributed by atoms with E-state index in [0.717, 1.165) is 32.1 Å². The highest BCUT2D eigenvalue weighted by Crippen LogP contribution is 2.28. The number of aliphatic hydroxyl groups excluding tert-OH is 1. The summed E-state index contributed by atoms with van der Waals surface area (Å²) >= 11 is 0. The van der Waals surface area contributed by atoms with Gasteiger partial charge in [0.1, 0.15) is 0 Å². The second kappa shape index (κ2) is 6.88. The van der Waals surface area contributed by atoms with E-state index in [2.05, 4.69) is 26.1 Å². The summed E-state index contributed by atoms with van der Waals surface area (Å²) in [6.45, 7) is 7.40. The number of hydrogen-bond donors (Lipinski definition) is 3. The first-order valence-electron chi connectivity index (χ1n) is 7.44. The van der Waals surface area contributed by atoms with E-state index in [9.17, 15) is 5.11 Å². The van der Waals surface area contributed by atoms with Crippen LogP contribution in [0.25, 0.3) is 0 Å². The minimum Gasteiger partial charge on any atom is -0.396 e. The minimum atomic E-state index is -0.532. The van der Waals surface area contributed by atoms with Gasteiger partial charge in [-0.05, 0) is 24.7 Å². The molecule has 0 bridgehead atoms. The van der Waals surface area contributed by atoms with Crippen molar-refractivity contribution < 1.29 is 10.2 Å². The Hall–Kier alpha value is -0.120. The Morgan fingerprint density at radius 2 is 1.67 bits per heavy atom. The third-order valence-electron chi connectivity index (χ3n) is 4.17. The number of nitrogens with one attached hydrogen (secondary N) is 1. The van der Waals surface area contributed by atoms with Crippen LogP contribution in [0.2, 0.25) is 0 Å². The Morgan fingerprint density at radius 3 is 2.11 bits per heavy atom. The molecule has 0 amide bonds. The van der Waals surface area contributed by atoms with Crippen molar-refractivity contribution in [1.82, 2.24) is 5.32 Å². The Balaban J connectivity index is 2.49. The average Bonchev–Trinajstić information content (AvgIpc) is 2.48. The monoisotopic (exact) mass is 257 g/mol. The molecule has 1 aliphatic carbocycles. The van der Waals surface area contributed by atoms with Crippen molar-refractivity contribution in [3.05, 3.63) is 0 Å². The van der Waals surface area contributed by atoms with Gasteiger partial charge >= 0.3 is 0 Å². The molecule has 1 aliphatic rings. The van der Waals surface area contributed by atoms with Crippen molar-refractivity contribution in [2.24, 2.45) is 5.41 Å². The first kappa shape index (κ1) is 15.9. The fourth-order valence-electron chi connectivity index (χ4n) is 2.85. The lowest BCUT2D eigenvalue weighted by Crippen LogP contribution is -2.49. The molecule has 0 aliphatic heterocycles. The van der Waals surface area contributed by atoms with Gasteiger partial charge in [-0.15, -0.1) is 0 Å². The predicted molar refractivity (Wildman–Crippen MR) is 75.6 cm³/mol. The highest BCUT2D eigenvalue weighted by atomic mass is 16.3. The molecule has 3 nitrogen and oxygen atoms in total. The first-order chi connectivity index (χ1) is 8.37. The molecule has 0 radical (unpaired) electrons. The Morgan fingerprint density at radius 1 is 1.11 bits per heavy atom. The van der Waals surface area contributed by atoms with Crippen molar-refractivity contribution in [2.45, 2.75) is 77.4 Å². The lowest BCUT2D eigenvalue weighted by atomic mass is 9.84. The fourth-order valence-corrected chi connectivity index (χ4v) is 2.85. The van der Waals surface area contributed by atoms with Crippen LogP contribution in [0.4, 0.5) is 0 Å². The van der Waals surface area contributed by atoms with Crippen LogP contribution in [0.15, 0.2) is 0 Å². The van der Waals surface area contributed by atoms with Gasteiger partial charge in [-0.2, -0.15) is 0 Å². The van der Waals surface area contributed by atoms with E-state index in [4.69, 9.17) is 5.11 Å². The molecule has 1 saturated carbocycles. The maximum Gasteiger partial charge on any atom is 0.0771 e. The summed E-state index contributed by atoms with van der Waals surface area (Å²) < 4.78 is 0. The highest BCUT2D eigenvalue weighted by molar-refractivity contribution is 4.88. The van der Waals surface area contributed by atoms with Crippen molar-refractivity contribution in [3.63, 3.8) is 0 Å². The summed E-state index contributed by atoms with van der Waals surface area (Å²) in [6.07, 6.45) is 7.35. The van der Waals surface area contributed by atoms with Crippen molar-refractivity contribution >= 4 is 0 Å². The number of aliphatic hydroxyl groups is 2. The lowest BCUT2D eigenvalue weighted by molar-refractivity contribution is 0.0172. The summed E-state index contributed by atoms with van der Waals surface area (Å²) in [5.41, 5.74) is -0.417. The Bertz CT molecular complexity index is 227. The molecule has 1 rings (SSSR count). The maximum absolute atomic E-state index is 10.6. The molecular formula is C15H31NO2. The summed E-state index contributed by atoms with van der Waals surface area (Å²) in [6, 6.07) is 0.259. The predicted octanol–water partition coefficient (Wildman–Crippen LogP) is 2.46. The van der Waals surface area contributed by atoms with E-state index >= 15 is 0 Å². The van der Waals surface area contributed by atoms with Crippen LogP contribution in [0, 0.1) is 5.41 Å². The molecule has 1 atom stereocenters. The Kier molecular flexibility index (Phi) is 6.09. The fraction of sp³-hybridized carbons (Fsp3) is 1.00. The van der Waals surface area contributed by atoms with Crippen LogP contribution in [0.1, 0.15) is 65.7 Å². The Labute approximate surface area is 112 Å². The van der Waals surface area contributed by atoms with E-state index in [-0.39, 0.29) is 18.1 Å². The zero-order chi connectivity index (χ0) is 13.6. The van der Waals surface area contributed by atoms with Crippen LogP contribution in [0.3, 0.4) is 0 Å². The summed E-state index contributed by atoms with van der Waals surface area (Å²) in [7, 11) is 0. The molecule has 1 fully saturated rings. The van der Waals surface area contributed by atoms with Gasteiger partial charge in [0.05, 0.1) is 5.60 Å². The highest BCUT2D eigenvalue weighted by Gasteiger charge is 2.31. The molecule has 0 spiro atoms. The number of hydrogen-bond acceptors (Lipinski definition) is 3. The quantitative estimate of drug-likeness (QED) is 0.663. The molecule has 0 aromatic rings. The topological polar surface area (TPSA) is 52.5 Å². The maximum atomic E-state index is 10.6. The van der Waals surface area contributed by atoms with E-state index in [1.807, 2.05) is 0 Å². The first-order valence-corrected chi connectivity index (χ1v) is 7.44. The molecule has 0 aromatic carbocycles. The minimum absolute atomic E-state index is 0.115. The average molecular weight is 257 g/mol. The molecule has 0 aromatic heterocycles. The van der Waals surface area contributed by atoms with Gasteiger partial charge in [-0.3, -0.25) is 0 Å². The summed E-state index contributed by atoms with van der Waals surface area (Å²) in [5, 5.41) is 23.2. The normalized spacial score (nSPS) is 22.5. The number of rotatable bonds is 5. The zero-order valence-corrected chi connectivity index (χ0v) is 12.3. The zero-order valence-electron chi connectivity index (χ0n) is 12.3. The standard InChI is InChI=1S/C15H31NO2/c1-14(2,3)13(8-11-17)16-12-15(18)9-6-4-5-7-10-15/h13,16-18H,4-12H2,1-3H3. The van der Waals surface area contributed by atoms with Gasteiger partial charge in [0.15, 0.2) is 0 Å². The molecule has 18 heavy (non-hydrogen) atoms. The van der Waals surface area contributed by atoms with Gasteiger partial charge in [0.25, 0.3) is 0 Å². The van der Waals surface area contributed by atoms with Crippen LogP contribution in [0.5, 0.6) is 0 Å². The molecule has 3 N–H and O–H groups in total. The van der Waals surface area contributed by atoms with E-state index in [0.29, 0.717) is 6.54 Å². The summed E-state index contributed by atoms with van der Waals surface area (Å²) in [5.74, 6) is 0. The summed E-state index contributed by atoms with van der Waals surface area (Å²) in [4.78, 5) is 0. The second-order valence-electron chi connectivity index (χ2n) is 6.95. The molecule has 1 unspecified atom stereocenters. The van der Waals surface area contributed by atoms with Gasteiger partial charge in [0.2, 0.25) is 0 Å². The van der Waals surface area contributed by atoms with E-state index < -0.39 is 5.60 Å². The van der Waals surface area contributed by atoms with Crippen molar-refractivity contribution in [1.29, 1.82) is 0 Å². The smallest absolute Gasteiger partial charge is 0.0771 e. The molecule has 108 valence electrons. The van der Waals surface area contributed by atoms with Crippen molar-refractivity contribution in [3.8, 4) is 0 Å². The molecule has 0 saturated heterocycles. The van der Waals surface area contributed by atoms with E-state index in [1.165, 1.54) is 12.8 Å².